The molecule has 1 aliphatic heterocycles. The van der Waals surface area contributed by atoms with E-state index in [0.717, 1.165) is 24.2 Å². The zero-order valence-electron chi connectivity index (χ0n) is 18.2. The van der Waals surface area contributed by atoms with Gasteiger partial charge in [0.2, 0.25) is 5.91 Å². The van der Waals surface area contributed by atoms with Crippen LogP contribution in [0.15, 0.2) is 42.5 Å². The van der Waals surface area contributed by atoms with Gasteiger partial charge in [0.05, 0.1) is 12.0 Å². The van der Waals surface area contributed by atoms with Crippen molar-refractivity contribution in [3.63, 3.8) is 0 Å². The van der Waals surface area contributed by atoms with Crippen molar-refractivity contribution in [2.75, 3.05) is 20.3 Å². The second-order valence-electron chi connectivity index (χ2n) is 8.95. The van der Waals surface area contributed by atoms with Gasteiger partial charge < -0.3 is 14.8 Å². The Bertz CT molecular complexity index is 948. The lowest BCUT2D eigenvalue weighted by atomic mass is 9.56. The molecule has 2 fully saturated rings. The maximum absolute atomic E-state index is 12.9. The smallest absolute Gasteiger partial charge is 0.226 e. The monoisotopic (exact) mass is 461 g/mol. The van der Waals surface area contributed by atoms with Crippen LogP contribution in [0.25, 0.3) is 0 Å². The van der Waals surface area contributed by atoms with E-state index in [2.05, 4.69) is 37.4 Å². The van der Waals surface area contributed by atoms with E-state index in [9.17, 15) is 4.79 Å². The fourth-order valence-electron chi connectivity index (χ4n) is 5.65. The zero-order valence-corrected chi connectivity index (χ0v) is 19.7. The number of nitrogens with one attached hydrogen (secondary N) is 1. The van der Waals surface area contributed by atoms with E-state index >= 15 is 0 Å². The summed E-state index contributed by atoms with van der Waals surface area (Å²) in [6.45, 7) is 5.24. The summed E-state index contributed by atoms with van der Waals surface area (Å²) in [6, 6.07) is 14.1. The molecule has 31 heavy (non-hydrogen) atoms. The molecule has 2 aliphatic rings. The Morgan fingerprint density at radius 3 is 2.55 bits per heavy atom. The summed E-state index contributed by atoms with van der Waals surface area (Å²) in [7, 11) is 1.65. The van der Waals surface area contributed by atoms with Crippen molar-refractivity contribution in [2.24, 2.45) is 11.3 Å². The number of methoxy groups -OCH3 is 1. The highest BCUT2D eigenvalue weighted by Crippen LogP contribution is 2.59. The maximum Gasteiger partial charge on any atom is 0.226 e. The third-order valence-electron chi connectivity index (χ3n) is 7.13. The molecule has 0 aromatic heterocycles. The molecule has 1 N–H and O–H groups in total. The number of halogens is 2. The quantitative estimate of drug-likeness (QED) is 0.551. The Hall–Kier alpha value is -1.75. The first-order valence-corrected chi connectivity index (χ1v) is 11.6. The van der Waals surface area contributed by atoms with E-state index in [1.165, 1.54) is 5.56 Å². The zero-order chi connectivity index (χ0) is 22.2. The second kappa shape index (κ2) is 9.01. The molecule has 166 valence electrons. The SMILES string of the molecule is COCCOc1ccc([C@@H]2CC[C@@]3(C)C(=O)N[C@H](C)[C@H]3[C@H]2c2ccc(Cl)cc2)c(Cl)c1. The van der Waals surface area contributed by atoms with Crippen molar-refractivity contribution in [3.8, 4) is 5.75 Å². The van der Waals surface area contributed by atoms with Crippen LogP contribution in [0, 0.1) is 11.3 Å². The van der Waals surface area contributed by atoms with E-state index < -0.39 is 0 Å². The number of amides is 1. The Morgan fingerprint density at radius 2 is 1.87 bits per heavy atom. The van der Waals surface area contributed by atoms with Gasteiger partial charge in [0.15, 0.2) is 0 Å². The summed E-state index contributed by atoms with van der Waals surface area (Å²) in [5.74, 6) is 1.43. The third kappa shape index (κ3) is 4.18. The van der Waals surface area contributed by atoms with E-state index in [-0.39, 0.29) is 35.1 Å². The van der Waals surface area contributed by atoms with Crippen LogP contribution in [0.3, 0.4) is 0 Å². The number of rotatable bonds is 6. The number of hydrogen-bond donors (Lipinski definition) is 1. The minimum Gasteiger partial charge on any atom is -0.491 e. The molecule has 1 heterocycles. The second-order valence-corrected chi connectivity index (χ2v) is 9.80. The van der Waals surface area contributed by atoms with Gasteiger partial charge in [0.1, 0.15) is 12.4 Å². The highest BCUT2D eigenvalue weighted by molar-refractivity contribution is 6.31. The molecule has 0 bridgehead atoms. The van der Waals surface area contributed by atoms with Crippen LogP contribution in [0.5, 0.6) is 5.75 Å². The van der Waals surface area contributed by atoms with Gasteiger partial charge in [-0.05, 0) is 67.0 Å². The predicted molar refractivity (Wildman–Crippen MR) is 124 cm³/mol. The highest BCUT2D eigenvalue weighted by atomic mass is 35.5. The first-order valence-electron chi connectivity index (χ1n) is 10.8. The van der Waals surface area contributed by atoms with Gasteiger partial charge in [-0.2, -0.15) is 0 Å². The van der Waals surface area contributed by atoms with Crippen molar-refractivity contribution < 1.29 is 14.3 Å². The predicted octanol–water partition coefficient (Wildman–Crippen LogP) is 5.82. The van der Waals surface area contributed by atoms with Gasteiger partial charge in [0.25, 0.3) is 0 Å². The van der Waals surface area contributed by atoms with Crippen molar-refractivity contribution >= 4 is 29.1 Å². The molecule has 1 aliphatic carbocycles. The minimum atomic E-state index is -0.379. The first kappa shape index (κ1) is 22.4. The fraction of sp³-hybridized carbons (Fsp3) is 0.480. The first-order chi connectivity index (χ1) is 14.8. The maximum atomic E-state index is 12.9. The van der Waals surface area contributed by atoms with Gasteiger partial charge in [-0.1, -0.05) is 48.3 Å². The summed E-state index contributed by atoms with van der Waals surface area (Å²) < 4.78 is 10.8. The molecule has 0 radical (unpaired) electrons. The topological polar surface area (TPSA) is 47.6 Å². The summed E-state index contributed by atoms with van der Waals surface area (Å²) in [5.41, 5.74) is 1.93. The van der Waals surface area contributed by atoms with Crippen molar-refractivity contribution in [1.82, 2.24) is 5.32 Å². The number of hydrogen-bond acceptors (Lipinski definition) is 3. The van der Waals surface area contributed by atoms with Crippen LogP contribution in [0.1, 0.15) is 49.7 Å². The number of benzene rings is 2. The molecular weight excluding hydrogens is 433 g/mol. The summed E-state index contributed by atoms with van der Waals surface area (Å²) in [6.07, 6.45) is 1.73. The summed E-state index contributed by atoms with van der Waals surface area (Å²) in [5, 5.41) is 4.62. The van der Waals surface area contributed by atoms with Gasteiger partial charge in [-0.3, -0.25) is 4.79 Å². The summed E-state index contributed by atoms with van der Waals surface area (Å²) in [4.78, 5) is 12.9. The van der Waals surface area contributed by atoms with Crippen molar-refractivity contribution in [2.45, 2.75) is 44.6 Å². The molecule has 0 spiro atoms. The Morgan fingerprint density at radius 1 is 1.13 bits per heavy atom. The largest absolute Gasteiger partial charge is 0.491 e. The number of fused-ring (bicyclic) bond motifs is 1. The lowest BCUT2D eigenvalue weighted by Gasteiger charge is -2.46. The van der Waals surface area contributed by atoms with Crippen LogP contribution in [-0.4, -0.2) is 32.3 Å². The van der Waals surface area contributed by atoms with Gasteiger partial charge in [-0.25, -0.2) is 0 Å². The molecule has 6 heteroatoms. The fourth-order valence-corrected chi connectivity index (χ4v) is 6.09. The standard InChI is InChI=1S/C25H29Cl2NO3/c1-15-23-22(16-4-6-17(26)7-5-16)20(10-11-25(23,2)24(29)28-15)19-9-8-18(14-21(19)27)31-13-12-30-3/h4-9,14-15,20,22-23H,10-13H2,1-3H3,(H,28,29)/t15-,20+,22+,23+,25-/m1/s1. The third-order valence-corrected chi connectivity index (χ3v) is 7.71. The van der Waals surface area contributed by atoms with E-state index in [4.69, 9.17) is 32.7 Å². The number of ether oxygens (including phenoxy) is 2. The van der Waals surface area contributed by atoms with Gasteiger partial charge in [-0.15, -0.1) is 0 Å². The van der Waals surface area contributed by atoms with E-state index in [1.54, 1.807) is 7.11 Å². The van der Waals surface area contributed by atoms with Crippen LogP contribution < -0.4 is 10.1 Å². The van der Waals surface area contributed by atoms with Crippen LogP contribution in [0.2, 0.25) is 10.0 Å². The molecule has 1 saturated carbocycles. The molecule has 2 aromatic rings. The van der Waals surface area contributed by atoms with Crippen molar-refractivity contribution in [3.05, 3.63) is 63.6 Å². The van der Waals surface area contributed by atoms with Gasteiger partial charge >= 0.3 is 0 Å². The highest BCUT2D eigenvalue weighted by Gasteiger charge is 2.57. The molecule has 0 unspecified atom stereocenters. The molecule has 1 amide bonds. The normalized spacial score (nSPS) is 30.0. The van der Waals surface area contributed by atoms with Crippen LogP contribution in [-0.2, 0) is 9.53 Å². The number of carbonyl (C=O) groups is 1. The summed E-state index contributed by atoms with van der Waals surface area (Å²) >= 11 is 13.0. The van der Waals surface area contributed by atoms with E-state index in [0.29, 0.717) is 23.3 Å². The molecule has 4 nitrogen and oxygen atoms in total. The molecule has 2 aromatic carbocycles. The Balaban J connectivity index is 1.72. The molecule has 4 rings (SSSR count). The number of carbonyl (C=O) groups excluding carboxylic acids is 1. The Kier molecular flexibility index (Phi) is 6.52. The molecular formula is C25H29Cl2NO3. The molecule has 1 saturated heterocycles. The van der Waals surface area contributed by atoms with Crippen LogP contribution in [0.4, 0.5) is 0 Å². The average molecular weight is 462 g/mol. The lowest BCUT2D eigenvalue weighted by molar-refractivity contribution is -0.129. The van der Waals surface area contributed by atoms with Gasteiger partial charge in [0, 0.05) is 29.1 Å². The van der Waals surface area contributed by atoms with E-state index in [1.807, 2.05) is 24.3 Å². The molecule has 5 atom stereocenters. The minimum absolute atomic E-state index is 0.0939. The Labute approximate surface area is 194 Å². The lowest BCUT2D eigenvalue weighted by Crippen LogP contribution is -2.42. The average Bonchev–Trinajstić information content (AvgIpc) is 2.97. The van der Waals surface area contributed by atoms with Crippen molar-refractivity contribution in [1.29, 1.82) is 0 Å². The van der Waals surface area contributed by atoms with Crippen LogP contribution >= 0.6 is 23.2 Å².